The Bertz CT molecular complexity index is 434. The smallest absolute Gasteiger partial charge is 0.331 e. The van der Waals surface area contributed by atoms with Crippen molar-refractivity contribution in [1.29, 1.82) is 0 Å². The van der Waals surface area contributed by atoms with Crippen molar-refractivity contribution in [2.45, 2.75) is 6.61 Å². The third-order valence-corrected chi connectivity index (χ3v) is 1.92. The third kappa shape index (κ3) is 5.65. The highest BCUT2D eigenvalue weighted by Crippen LogP contribution is 2.00. The summed E-state index contributed by atoms with van der Waals surface area (Å²) in [5.74, 6) is -1.19. The van der Waals surface area contributed by atoms with E-state index in [0.29, 0.717) is 0 Å². The molecule has 1 rings (SSSR count). The van der Waals surface area contributed by atoms with Crippen LogP contribution in [0.2, 0.25) is 0 Å². The van der Waals surface area contributed by atoms with Gasteiger partial charge in [0.15, 0.2) is 0 Å². The van der Waals surface area contributed by atoms with Crippen LogP contribution in [0.4, 0.5) is 0 Å². The molecule has 4 nitrogen and oxygen atoms in total. The SMILES string of the molecule is C=CCOC(=O)/C=C\C(=O)OCc1ccccc1. The Morgan fingerprint density at radius 2 is 1.67 bits per heavy atom. The van der Waals surface area contributed by atoms with E-state index in [1.807, 2.05) is 30.3 Å². The van der Waals surface area contributed by atoms with E-state index < -0.39 is 11.9 Å². The summed E-state index contributed by atoms with van der Waals surface area (Å²) in [6.45, 7) is 3.68. The van der Waals surface area contributed by atoms with Crippen LogP contribution in [0.15, 0.2) is 55.1 Å². The van der Waals surface area contributed by atoms with Crippen LogP contribution in [-0.2, 0) is 25.7 Å². The van der Waals surface area contributed by atoms with Gasteiger partial charge in [0, 0.05) is 12.2 Å². The largest absolute Gasteiger partial charge is 0.458 e. The van der Waals surface area contributed by atoms with Crippen molar-refractivity contribution in [3.8, 4) is 0 Å². The van der Waals surface area contributed by atoms with Gasteiger partial charge in [0.1, 0.15) is 13.2 Å². The molecule has 0 N–H and O–H groups in total. The summed E-state index contributed by atoms with van der Waals surface area (Å²) < 4.78 is 9.58. The fraction of sp³-hybridized carbons (Fsp3) is 0.143. The normalized spacial score (nSPS) is 10.0. The minimum atomic E-state index is -0.605. The molecular formula is C14H14O4. The lowest BCUT2D eigenvalue weighted by Crippen LogP contribution is -2.04. The van der Waals surface area contributed by atoms with Crippen LogP contribution in [-0.4, -0.2) is 18.5 Å². The van der Waals surface area contributed by atoms with Crippen LogP contribution >= 0.6 is 0 Å². The molecule has 18 heavy (non-hydrogen) atoms. The first-order valence-electron chi connectivity index (χ1n) is 5.39. The van der Waals surface area contributed by atoms with E-state index in [-0.39, 0.29) is 13.2 Å². The van der Waals surface area contributed by atoms with Gasteiger partial charge in [0.05, 0.1) is 0 Å². The second-order valence-corrected chi connectivity index (χ2v) is 3.35. The summed E-state index contributed by atoms with van der Waals surface area (Å²) in [6.07, 6.45) is 3.50. The number of benzene rings is 1. The van der Waals surface area contributed by atoms with E-state index in [0.717, 1.165) is 17.7 Å². The lowest BCUT2D eigenvalue weighted by atomic mass is 10.2. The number of hydrogen-bond donors (Lipinski definition) is 0. The molecule has 0 saturated carbocycles. The van der Waals surface area contributed by atoms with E-state index in [9.17, 15) is 9.59 Å². The molecule has 0 fully saturated rings. The highest BCUT2D eigenvalue weighted by atomic mass is 16.5. The Labute approximate surface area is 106 Å². The average Bonchev–Trinajstić information content (AvgIpc) is 2.41. The molecule has 94 valence electrons. The van der Waals surface area contributed by atoms with E-state index in [4.69, 9.17) is 4.74 Å². The van der Waals surface area contributed by atoms with Crippen LogP contribution in [0.25, 0.3) is 0 Å². The van der Waals surface area contributed by atoms with Crippen molar-refractivity contribution >= 4 is 11.9 Å². The Hall–Kier alpha value is -2.36. The van der Waals surface area contributed by atoms with E-state index in [1.165, 1.54) is 6.08 Å². The van der Waals surface area contributed by atoms with Crippen LogP contribution in [0.5, 0.6) is 0 Å². The number of carbonyl (C=O) groups excluding carboxylic acids is 2. The Kier molecular flexibility index (Phi) is 5.97. The van der Waals surface area contributed by atoms with Crippen molar-refractivity contribution in [3.05, 3.63) is 60.7 Å². The fourth-order valence-corrected chi connectivity index (χ4v) is 1.10. The highest BCUT2D eigenvalue weighted by Gasteiger charge is 2.00. The number of carbonyl (C=O) groups is 2. The minimum absolute atomic E-state index is 0.113. The molecule has 4 heteroatoms. The quantitative estimate of drug-likeness (QED) is 0.438. The van der Waals surface area contributed by atoms with Crippen LogP contribution in [0.1, 0.15) is 5.56 Å². The van der Waals surface area contributed by atoms with Gasteiger partial charge in [0.2, 0.25) is 0 Å². The van der Waals surface area contributed by atoms with Gasteiger partial charge in [0.25, 0.3) is 0 Å². The summed E-state index contributed by atoms with van der Waals surface area (Å²) >= 11 is 0. The zero-order chi connectivity index (χ0) is 13.2. The maximum Gasteiger partial charge on any atom is 0.331 e. The summed E-state index contributed by atoms with van der Waals surface area (Å²) in [7, 11) is 0. The van der Waals surface area contributed by atoms with E-state index in [2.05, 4.69) is 11.3 Å². The lowest BCUT2D eigenvalue weighted by molar-refractivity contribution is -0.140. The molecule has 0 heterocycles. The maximum absolute atomic E-state index is 11.3. The first-order valence-corrected chi connectivity index (χ1v) is 5.39. The Balaban J connectivity index is 2.31. The second kappa shape index (κ2) is 7.84. The average molecular weight is 246 g/mol. The van der Waals surface area contributed by atoms with Gasteiger partial charge in [-0.1, -0.05) is 43.0 Å². The molecule has 0 unspecified atom stereocenters. The molecule has 0 saturated heterocycles. The van der Waals surface area contributed by atoms with Gasteiger partial charge < -0.3 is 9.47 Å². The highest BCUT2D eigenvalue weighted by molar-refractivity contribution is 5.91. The topological polar surface area (TPSA) is 52.6 Å². The molecular weight excluding hydrogens is 232 g/mol. The predicted octanol–water partition coefficient (Wildman–Crippen LogP) is 2.02. The van der Waals surface area contributed by atoms with Gasteiger partial charge in [-0.15, -0.1) is 0 Å². The molecule has 0 aromatic heterocycles. The van der Waals surface area contributed by atoms with E-state index >= 15 is 0 Å². The van der Waals surface area contributed by atoms with Gasteiger partial charge >= 0.3 is 11.9 Å². The lowest BCUT2D eigenvalue weighted by Gasteiger charge is -2.01. The summed E-state index contributed by atoms with van der Waals surface area (Å²) in [4.78, 5) is 22.3. The van der Waals surface area contributed by atoms with Crippen LogP contribution < -0.4 is 0 Å². The minimum Gasteiger partial charge on any atom is -0.458 e. The maximum atomic E-state index is 11.3. The molecule has 0 aliphatic rings. The number of rotatable bonds is 6. The van der Waals surface area contributed by atoms with Gasteiger partial charge in [-0.2, -0.15) is 0 Å². The monoisotopic (exact) mass is 246 g/mol. The molecule has 0 radical (unpaired) electrons. The Morgan fingerprint density at radius 3 is 2.28 bits per heavy atom. The third-order valence-electron chi connectivity index (χ3n) is 1.92. The van der Waals surface area contributed by atoms with Crippen molar-refractivity contribution in [2.24, 2.45) is 0 Å². The number of hydrogen-bond acceptors (Lipinski definition) is 4. The van der Waals surface area contributed by atoms with Gasteiger partial charge in [-0.05, 0) is 5.56 Å². The van der Waals surface area contributed by atoms with Crippen LogP contribution in [0, 0.1) is 0 Å². The Morgan fingerprint density at radius 1 is 1.06 bits per heavy atom. The molecule has 0 amide bonds. The zero-order valence-corrected chi connectivity index (χ0v) is 9.87. The summed E-state index contributed by atoms with van der Waals surface area (Å²) in [5, 5.41) is 0. The molecule has 1 aromatic carbocycles. The van der Waals surface area contributed by atoms with Crippen LogP contribution in [0.3, 0.4) is 0 Å². The predicted molar refractivity (Wildman–Crippen MR) is 66.5 cm³/mol. The number of ether oxygens (including phenoxy) is 2. The summed E-state index contributed by atoms with van der Waals surface area (Å²) in [5.41, 5.74) is 0.883. The van der Waals surface area contributed by atoms with Crippen molar-refractivity contribution in [1.82, 2.24) is 0 Å². The molecule has 0 bridgehead atoms. The van der Waals surface area contributed by atoms with Gasteiger partial charge in [-0.3, -0.25) is 0 Å². The first-order chi connectivity index (χ1) is 8.72. The number of esters is 2. The molecule has 0 aliphatic heterocycles. The fourth-order valence-electron chi connectivity index (χ4n) is 1.10. The zero-order valence-electron chi connectivity index (χ0n) is 9.87. The second-order valence-electron chi connectivity index (χ2n) is 3.35. The molecule has 0 spiro atoms. The standard InChI is InChI=1S/C14H14O4/c1-2-10-17-13(15)8-9-14(16)18-11-12-6-4-3-5-7-12/h2-9H,1,10-11H2/b9-8-. The van der Waals surface area contributed by atoms with Crippen molar-refractivity contribution in [2.75, 3.05) is 6.61 Å². The van der Waals surface area contributed by atoms with Crippen molar-refractivity contribution in [3.63, 3.8) is 0 Å². The molecule has 1 aromatic rings. The molecule has 0 atom stereocenters. The molecule has 0 aliphatic carbocycles. The van der Waals surface area contributed by atoms with Crippen molar-refractivity contribution < 1.29 is 19.1 Å². The summed E-state index contributed by atoms with van der Waals surface area (Å²) in [6, 6.07) is 9.27. The van der Waals surface area contributed by atoms with E-state index in [1.54, 1.807) is 0 Å². The first kappa shape index (κ1) is 13.7. The van der Waals surface area contributed by atoms with Gasteiger partial charge in [-0.25, -0.2) is 9.59 Å².